The summed E-state index contributed by atoms with van der Waals surface area (Å²) >= 11 is 8.43. The Morgan fingerprint density at radius 3 is 2.63 bits per heavy atom. The zero-order chi connectivity index (χ0) is 14.0. The number of rotatable bonds is 4. The molecule has 0 aliphatic rings. The minimum absolute atomic E-state index is 0.0519. The maximum absolute atomic E-state index is 13.7. The van der Waals surface area contributed by atoms with E-state index in [-0.39, 0.29) is 6.04 Å². The number of likely N-dealkylation sites (N-methyl/N-ethyl adjacent to an activating group) is 1. The molecular formula is C13H11Br2F2NS. The Balaban J connectivity index is 2.26. The van der Waals surface area contributed by atoms with Crippen LogP contribution in [0.1, 0.15) is 16.5 Å². The fraction of sp³-hybridized carbons (Fsp3) is 0.231. The van der Waals surface area contributed by atoms with Crippen LogP contribution in [0.5, 0.6) is 0 Å². The molecule has 1 aromatic heterocycles. The lowest BCUT2D eigenvalue weighted by Gasteiger charge is -2.15. The van der Waals surface area contributed by atoms with Crippen LogP contribution in [0.4, 0.5) is 8.78 Å². The Labute approximate surface area is 131 Å². The first-order valence-corrected chi connectivity index (χ1v) is 7.98. The molecule has 0 spiro atoms. The molecule has 0 saturated carbocycles. The molecule has 1 nitrogen and oxygen atoms in total. The molecule has 2 rings (SSSR count). The maximum atomic E-state index is 13.7. The molecule has 0 aliphatic carbocycles. The summed E-state index contributed by atoms with van der Waals surface area (Å²) in [7, 11) is 1.81. The standard InChI is InChI=1S/C13H11Br2F2NS/c1-18-10(11-6-8(14)13(15)19-11)5-7-3-2-4-9(16)12(7)17/h2-4,6,10,18H,5H2,1H3. The highest BCUT2D eigenvalue weighted by molar-refractivity contribution is 9.13. The van der Waals surface area contributed by atoms with Gasteiger partial charge in [-0.15, -0.1) is 11.3 Å². The lowest BCUT2D eigenvalue weighted by atomic mass is 10.0. The third-order valence-electron chi connectivity index (χ3n) is 2.81. The SMILES string of the molecule is CNC(Cc1cccc(F)c1F)c1cc(Br)c(Br)s1. The molecule has 6 heteroatoms. The molecule has 1 N–H and O–H groups in total. The second-order valence-electron chi connectivity index (χ2n) is 4.03. The molecule has 0 saturated heterocycles. The third kappa shape index (κ3) is 3.42. The Kier molecular flexibility index (Phi) is 5.11. The summed E-state index contributed by atoms with van der Waals surface area (Å²) in [6.45, 7) is 0. The van der Waals surface area contributed by atoms with Gasteiger partial charge in [0, 0.05) is 15.4 Å². The van der Waals surface area contributed by atoms with Crippen molar-refractivity contribution in [2.45, 2.75) is 12.5 Å². The molecule has 1 atom stereocenters. The highest BCUT2D eigenvalue weighted by atomic mass is 79.9. The minimum atomic E-state index is -0.805. The van der Waals surface area contributed by atoms with Crippen molar-refractivity contribution in [1.82, 2.24) is 5.32 Å². The summed E-state index contributed by atoms with van der Waals surface area (Å²) in [4.78, 5) is 1.06. The van der Waals surface area contributed by atoms with E-state index in [2.05, 4.69) is 37.2 Å². The van der Waals surface area contributed by atoms with E-state index >= 15 is 0 Å². The molecule has 0 aliphatic heterocycles. The molecule has 0 radical (unpaired) electrons. The van der Waals surface area contributed by atoms with Gasteiger partial charge < -0.3 is 5.32 Å². The van der Waals surface area contributed by atoms with Crippen LogP contribution in [0.15, 0.2) is 32.5 Å². The van der Waals surface area contributed by atoms with E-state index < -0.39 is 11.6 Å². The number of benzene rings is 1. The van der Waals surface area contributed by atoms with E-state index in [0.29, 0.717) is 12.0 Å². The Morgan fingerprint density at radius 2 is 2.05 bits per heavy atom. The predicted molar refractivity (Wildman–Crippen MR) is 81.6 cm³/mol. The van der Waals surface area contributed by atoms with Gasteiger partial charge in [0.25, 0.3) is 0 Å². The van der Waals surface area contributed by atoms with Crippen LogP contribution in [0.3, 0.4) is 0 Å². The van der Waals surface area contributed by atoms with E-state index in [1.165, 1.54) is 6.07 Å². The molecule has 1 aromatic carbocycles. The molecule has 0 bridgehead atoms. The van der Waals surface area contributed by atoms with Crippen molar-refractivity contribution in [2.75, 3.05) is 7.05 Å². The smallest absolute Gasteiger partial charge is 0.162 e. The van der Waals surface area contributed by atoms with Gasteiger partial charge in [0.15, 0.2) is 11.6 Å². The normalized spacial score (nSPS) is 12.7. The first-order valence-electron chi connectivity index (χ1n) is 5.57. The van der Waals surface area contributed by atoms with Crippen molar-refractivity contribution in [2.24, 2.45) is 0 Å². The fourth-order valence-electron chi connectivity index (χ4n) is 1.81. The van der Waals surface area contributed by atoms with Crippen molar-refractivity contribution >= 4 is 43.2 Å². The van der Waals surface area contributed by atoms with Crippen molar-refractivity contribution < 1.29 is 8.78 Å². The van der Waals surface area contributed by atoms with E-state index in [1.54, 1.807) is 17.4 Å². The maximum Gasteiger partial charge on any atom is 0.162 e. The number of hydrogen-bond acceptors (Lipinski definition) is 2. The average Bonchev–Trinajstić information content (AvgIpc) is 2.71. The van der Waals surface area contributed by atoms with E-state index in [1.807, 2.05) is 13.1 Å². The lowest BCUT2D eigenvalue weighted by molar-refractivity contribution is 0.488. The zero-order valence-electron chi connectivity index (χ0n) is 10.0. The molecule has 0 fully saturated rings. The predicted octanol–water partition coefficient (Wildman–Crippen LogP) is 5.05. The quantitative estimate of drug-likeness (QED) is 0.743. The summed E-state index contributed by atoms with van der Waals surface area (Å²) in [5.74, 6) is -1.57. The van der Waals surface area contributed by atoms with Crippen molar-refractivity contribution in [3.63, 3.8) is 0 Å². The van der Waals surface area contributed by atoms with Crippen molar-refractivity contribution in [3.05, 3.63) is 54.6 Å². The van der Waals surface area contributed by atoms with Gasteiger partial charge in [0.05, 0.1) is 3.79 Å². The zero-order valence-corrected chi connectivity index (χ0v) is 14.0. The van der Waals surface area contributed by atoms with Crippen LogP contribution in [0.25, 0.3) is 0 Å². The monoisotopic (exact) mass is 409 g/mol. The van der Waals surface area contributed by atoms with E-state index in [9.17, 15) is 8.78 Å². The number of hydrogen-bond donors (Lipinski definition) is 1. The molecular weight excluding hydrogens is 400 g/mol. The van der Waals surface area contributed by atoms with Gasteiger partial charge in [-0.3, -0.25) is 0 Å². The first-order chi connectivity index (χ1) is 9.02. The van der Waals surface area contributed by atoms with Crippen molar-refractivity contribution in [1.29, 1.82) is 0 Å². The van der Waals surface area contributed by atoms with Crippen LogP contribution in [-0.4, -0.2) is 7.05 Å². The Bertz CT molecular complexity index is 567. The van der Waals surface area contributed by atoms with Gasteiger partial charge >= 0.3 is 0 Å². The van der Waals surface area contributed by atoms with Gasteiger partial charge in [0.1, 0.15) is 0 Å². The summed E-state index contributed by atoms with van der Waals surface area (Å²) in [5, 5.41) is 3.13. The molecule has 1 unspecified atom stereocenters. The molecule has 0 amide bonds. The van der Waals surface area contributed by atoms with Gasteiger partial charge in [-0.25, -0.2) is 8.78 Å². The average molecular weight is 411 g/mol. The van der Waals surface area contributed by atoms with Crippen LogP contribution in [-0.2, 0) is 6.42 Å². The van der Waals surface area contributed by atoms with Gasteiger partial charge in [-0.2, -0.15) is 0 Å². The number of thiophene rings is 1. The summed E-state index contributed by atoms with van der Waals surface area (Å²) < 4.78 is 28.8. The molecule has 19 heavy (non-hydrogen) atoms. The Morgan fingerprint density at radius 1 is 1.32 bits per heavy atom. The highest BCUT2D eigenvalue weighted by Gasteiger charge is 2.17. The van der Waals surface area contributed by atoms with Crippen LogP contribution < -0.4 is 5.32 Å². The van der Waals surface area contributed by atoms with Crippen LogP contribution >= 0.6 is 43.2 Å². The van der Waals surface area contributed by atoms with Crippen LogP contribution in [0.2, 0.25) is 0 Å². The summed E-state index contributed by atoms with van der Waals surface area (Å²) in [6.07, 6.45) is 0.402. The fourth-order valence-corrected chi connectivity index (χ4v) is 4.01. The number of halogens is 4. The lowest BCUT2D eigenvalue weighted by Crippen LogP contribution is -2.18. The minimum Gasteiger partial charge on any atom is -0.312 e. The third-order valence-corrected chi connectivity index (χ3v) is 6.18. The molecule has 1 heterocycles. The summed E-state index contributed by atoms with van der Waals surface area (Å²) in [5.41, 5.74) is 0.375. The van der Waals surface area contributed by atoms with Crippen LogP contribution in [0, 0.1) is 11.6 Å². The number of nitrogens with one attached hydrogen (secondary N) is 1. The largest absolute Gasteiger partial charge is 0.312 e. The van der Waals surface area contributed by atoms with Crippen molar-refractivity contribution in [3.8, 4) is 0 Å². The van der Waals surface area contributed by atoms with E-state index in [4.69, 9.17) is 0 Å². The molecule has 102 valence electrons. The van der Waals surface area contributed by atoms with Gasteiger partial charge in [-0.05, 0) is 63.0 Å². The first kappa shape index (κ1) is 15.1. The van der Waals surface area contributed by atoms with E-state index in [0.717, 1.165) is 19.2 Å². The van der Waals surface area contributed by atoms with Gasteiger partial charge in [0.2, 0.25) is 0 Å². The summed E-state index contributed by atoms with van der Waals surface area (Å²) in [6, 6.07) is 6.20. The molecule has 2 aromatic rings. The second-order valence-corrected chi connectivity index (χ2v) is 7.28. The van der Waals surface area contributed by atoms with Gasteiger partial charge in [-0.1, -0.05) is 12.1 Å². The Hall–Kier alpha value is -0.300. The highest BCUT2D eigenvalue weighted by Crippen LogP contribution is 2.36. The topological polar surface area (TPSA) is 12.0 Å². The second kappa shape index (κ2) is 6.43.